The molecule has 0 saturated carbocycles. The molecule has 0 spiro atoms. The summed E-state index contributed by atoms with van der Waals surface area (Å²) in [6.45, 7) is 4.13. The molecule has 0 aromatic heterocycles. The fourth-order valence-corrected chi connectivity index (χ4v) is 9.46. The van der Waals surface area contributed by atoms with Gasteiger partial charge in [0, 0.05) is 12.8 Å². The minimum atomic E-state index is -4.65. The molecule has 450 valence electrons. The van der Waals surface area contributed by atoms with Crippen LogP contribution in [0.5, 0.6) is 0 Å². The van der Waals surface area contributed by atoms with Crippen LogP contribution in [0.1, 0.15) is 271 Å². The van der Waals surface area contributed by atoms with Crippen LogP contribution in [0.25, 0.3) is 0 Å². The second kappa shape index (κ2) is 58.6. The SMILES string of the molecule is CC/C=C\C/C=C\C/C=C\C/C=C\C/C=C\C/C=C\C/C=C\C/C=C\CCCCCCCCC(=O)OC(COC(=O)CCCCCCCCCCCCCCCCCCCCCCCCC)COP(=O)([O-])OCC[N+](C)(C)C. The second-order valence-electron chi connectivity index (χ2n) is 22.4. The number of nitrogens with zero attached hydrogens (tertiary/aromatic N) is 1. The van der Waals surface area contributed by atoms with Gasteiger partial charge in [-0.05, 0) is 77.0 Å². The van der Waals surface area contributed by atoms with Gasteiger partial charge < -0.3 is 27.9 Å². The highest BCUT2D eigenvalue weighted by molar-refractivity contribution is 7.45. The van der Waals surface area contributed by atoms with Crippen molar-refractivity contribution < 1.29 is 42.1 Å². The monoisotopic (exact) mass is 1110 g/mol. The Bertz CT molecular complexity index is 1640. The largest absolute Gasteiger partial charge is 0.756 e. The number of carbonyl (C=O) groups is 2. The summed E-state index contributed by atoms with van der Waals surface area (Å²) in [5.74, 6) is -0.846. The van der Waals surface area contributed by atoms with E-state index in [1.54, 1.807) is 0 Å². The first-order chi connectivity index (χ1) is 38.0. The molecule has 0 aliphatic rings. The third-order valence-corrected chi connectivity index (χ3v) is 14.6. The lowest BCUT2D eigenvalue weighted by Gasteiger charge is -2.28. The van der Waals surface area contributed by atoms with Gasteiger partial charge in [0.2, 0.25) is 0 Å². The molecule has 0 aliphatic carbocycles. The number of unbranched alkanes of at least 4 members (excludes halogenated alkanes) is 28. The molecule has 0 aliphatic heterocycles. The normalized spacial score (nSPS) is 13.9. The lowest BCUT2D eigenvalue weighted by Crippen LogP contribution is -2.37. The lowest BCUT2D eigenvalue weighted by molar-refractivity contribution is -0.870. The van der Waals surface area contributed by atoms with E-state index in [0.717, 1.165) is 109 Å². The minimum absolute atomic E-state index is 0.0373. The Hall–Kier alpha value is -3.07. The summed E-state index contributed by atoms with van der Waals surface area (Å²) in [4.78, 5) is 38.0. The smallest absolute Gasteiger partial charge is 0.306 e. The molecule has 2 unspecified atom stereocenters. The first-order valence-electron chi connectivity index (χ1n) is 31.9. The number of hydrogen-bond donors (Lipinski definition) is 0. The van der Waals surface area contributed by atoms with Crippen molar-refractivity contribution >= 4 is 19.8 Å². The van der Waals surface area contributed by atoms with E-state index in [0.29, 0.717) is 17.4 Å². The van der Waals surface area contributed by atoms with Crippen molar-refractivity contribution in [3.05, 3.63) is 97.2 Å². The number of phosphoric ester groups is 1. The molecule has 0 saturated heterocycles. The van der Waals surface area contributed by atoms with Crippen LogP contribution >= 0.6 is 7.82 Å². The van der Waals surface area contributed by atoms with Crippen molar-refractivity contribution in [3.8, 4) is 0 Å². The van der Waals surface area contributed by atoms with Crippen molar-refractivity contribution in [1.29, 1.82) is 0 Å². The zero-order valence-electron chi connectivity index (χ0n) is 51.1. The first-order valence-corrected chi connectivity index (χ1v) is 33.4. The molecule has 0 amide bonds. The Labute approximate surface area is 481 Å². The molecule has 0 bridgehead atoms. The quantitative estimate of drug-likeness (QED) is 0.0195. The molecule has 9 nitrogen and oxygen atoms in total. The minimum Gasteiger partial charge on any atom is -0.756 e. The van der Waals surface area contributed by atoms with E-state index < -0.39 is 26.5 Å². The highest BCUT2D eigenvalue weighted by Gasteiger charge is 2.22. The van der Waals surface area contributed by atoms with Gasteiger partial charge in [0.05, 0.1) is 27.7 Å². The van der Waals surface area contributed by atoms with Gasteiger partial charge in [-0.25, -0.2) is 0 Å². The van der Waals surface area contributed by atoms with Crippen molar-refractivity contribution in [3.63, 3.8) is 0 Å². The topological polar surface area (TPSA) is 111 Å². The van der Waals surface area contributed by atoms with Crippen molar-refractivity contribution in [2.24, 2.45) is 0 Å². The maximum atomic E-state index is 12.8. The fourth-order valence-electron chi connectivity index (χ4n) is 8.73. The van der Waals surface area contributed by atoms with E-state index >= 15 is 0 Å². The molecule has 2 atom stereocenters. The predicted octanol–water partition coefficient (Wildman–Crippen LogP) is 19.7. The number of rotatable bonds is 58. The van der Waals surface area contributed by atoms with Crippen molar-refractivity contribution in [2.45, 2.75) is 277 Å². The van der Waals surface area contributed by atoms with Crippen LogP contribution < -0.4 is 4.89 Å². The Morgan fingerprint density at radius 3 is 1.09 bits per heavy atom. The van der Waals surface area contributed by atoms with Crippen LogP contribution in [-0.2, 0) is 32.7 Å². The summed E-state index contributed by atoms with van der Waals surface area (Å²) in [6.07, 6.45) is 80.3. The average molecular weight is 1110 g/mol. The van der Waals surface area contributed by atoms with Gasteiger partial charge >= 0.3 is 11.9 Å². The van der Waals surface area contributed by atoms with Crippen molar-refractivity contribution in [2.75, 3.05) is 47.5 Å². The molecule has 0 heterocycles. The maximum Gasteiger partial charge on any atom is 0.306 e. The summed E-state index contributed by atoms with van der Waals surface area (Å²) in [7, 11) is 1.15. The number of carbonyl (C=O) groups excluding carboxylic acids is 2. The van der Waals surface area contributed by atoms with Crippen LogP contribution in [0.2, 0.25) is 0 Å². The van der Waals surface area contributed by atoms with E-state index in [9.17, 15) is 19.0 Å². The van der Waals surface area contributed by atoms with Crippen molar-refractivity contribution in [1.82, 2.24) is 0 Å². The number of allylic oxidation sites excluding steroid dienone is 16. The van der Waals surface area contributed by atoms with Crippen LogP contribution in [-0.4, -0.2) is 70.0 Å². The molecule has 0 aromatic rings. The highest BCUT2D eigenvalue weighted by Crippen LogP contribution is 2.38. The van der Waals surface area contributed by atoms with Crippen LogP contribution in [0.15, 0.2) is 97.2 Å². The van der Waals surface area contributed by atoms with Crippen LogP contribution in [0, 0.1) is 0 Å². The summed E-state index contributed by atoms with van der Waals surface area (Å²) in [5.41, 5.74) is 0. The summed E-state index contributed by atoms with van der Waals surface area (Å²) in [5, 5.41) is 0. The van der Waals surface area contributed by atoms with E-state index in [2.05, 4.69) is 111 Å². The Morgan fingerprint density at radius 1 is 0.410 bits per heavy atom. The van der Waals surface area contributed by atoms with E-state index in [4.69, 9.17) is 18.5 Å². The van der Waals surface area contributed by atoms with Gasteiger partial charge in [-0.15, -0.1) is 0 Å². The Morgan fingerprint density at radius 2 is 0.731 bits per heavy atom. The molecule has 78 heavy (non-hydrogen) atoms. The molecule has 10 heteroatoms. The standard InChI is InChI=1S/C68H120NO8P/c1-6-8-10-12-14-16-18-20-22-24-26-28-30-31-32-33-34-35-36-37-39-41-43-45-47-49-51-53-55-57-59-61-68(71)77-66(65-76-78(72,73)75-63-62-69(3,4)5)64-74-67(70)60-58-56-54-52-50-48-46-44-42-40-38-29-27-25-23-21-19-17-15-13-11-9-7-2/h8,10,14,16,20,22,26,28,31-32,34-35,37,39,43,45,66H,6-7,9,11-13,15,17-19,21,23-25,27,29-30,33,36,38,40-42,44,46-65H2,1-5H3/b10-8-,16-14-,22-20-,28-26-,32-31-,35-34-,39-37-,45-43-. The number of hydrogen-bond acceptors (Lipinski definition) is 8. The van der Waals surface area contributed by atoms with E-state index in [1.165, 1.54) is 128 Å². The Kier molecular flexibility index (Phi) is 56.3. The summed E-state index contributed by atoms with van der Waals surface area (Å²) in [6, 6.07) is 0. The molecular formula is C68H120NO8P. The van der Waals surface area contributed by atoms with Gasteiger partial charge in [0.15, 0.2) is 6.10 Å². The fraction of sp³-hybridized carbons (Fsp3) is 0.735. The van der Waals surface area contributed by atoms with Gasteiger partial charge in [-0.1, -0.05) is 278 Å². The number of likely N-dealkylation sites (N-methyl/N-ethyl adjacent to an activating group) is 1. The summed E-state index contributed by atoms with van der Waals surface area (Å²) < 4.78 is 34.2. The molecule has 0 fully saturated rings. The maximum absolute atomic E-state index is 12.8. The zero-order chi connectivity index (χ0) is 57.0. The summed E-state index contributed by atoms with van der Waals surface area (Å²) >= 11 is 0. The molecule has 0 aromatic carbocycles. The van der Waals surface area contributed by atoms with E-state index in [-0.39, 0.29) is 32.0 Å². The molecule has 0 rings (SSSR count). The van der Waals surface area contributed by atoms with Gasteiger partial charge in [-0.2, -0.15) is 0 Å². The number of esters is 2. The third-order valence-electron chi connectivity index (χ3n) is 13.6. The van der Waals surface area contributed by atoms with E-state index in [1.807, 2.05) is 21.1 Å². The van der Waals surface area contributed by atoms with Crippen LogP contribution in [0.3, 0.4) is 0 Å². The number of quaternary nitrogens is 1. The zero-order valence-corrected chi connectivity index (χ0v) is 52.0. The Balaban J connectivity index is 4.17. The number of phosphoric acid groups is 1. The molecular weight excluding hydrogens is 990 g/mol. The number of ether oxygens (including phenoxy) is 2. The molecule has 0 N–H and O–H groups in total. The van der Waals surface area contributed by atoms with Gasteiger partial charge in [0.25, 0.3) is 7.82 Å². The third kappa shape index (κ3) is 62.1. The second-order valence-corrected chi connectivity index (χ2v) is 23.8. The molecule has 0 radical (unpaired) electrons. The average Bonchev–Trinajstić information content (AvgIpc) is 3.40. The van der Waals surface area contributed by atoms with Crippen LogP contribution in [0.4, 0.5) is 0 Å². The lowest BCUT2D eigenvalue weighted by atomic mass is 10.0. The van der Waals surface area contributed by atoms with Gasteiger partial charge in [0.1, 0.15) is 19.8 Å². The van der Waals surface area contributed by atoms with Gasteiger partial charge in [-0.3, -0.25) is 14.2 Å². The highest BCUT2D eigenvalue weighted by atomic mass is 31.2. The first kappa shape index (κ1) is 74.9. The predicted molar refractivity (Wildman–Crippen MR) is 332 cm³/mol.